The number of methoxy groups -OCH3 is 2. The van der Waals surface area contributed by atoms with Crippen LogP contribution in [0, 0.1) is 11.8 Å². The first-order valence-corrected chi connectivity index (χ1v) is 12.6. The first-order chi connectivity index (χ1) is 18.3. The average Bonchev–Trinajstić information content (AvgIpc) is 2.88. The van der Waals surface area contributed by atoms with Crippen LogP contribution in [0.15, 0.2) is 58.5 Å². The maximum absolute atomic E-state index is 13.2. The van der Waals surface area contributed by atoms with Gasteiger partial charge in [0, 0.05) is 37.4 Å². The van der Waals surface area contributed by atoms with Crippen molar-refractivity contribution in [3.8, 4) is 0 Å². The molecule has 11 nitrogen and oxygen atoms in total. The van der Waals surface area contributed by atoms with Crippen LogP contribution in [-0.2, 0) is 28.6 Å². The first kappa shape index (κ1) is 31.7. The highest BCUT2D eigenvalue weighted by Crippen LogP contribution is 2.28. The molecule has 6 atom stereocenters. The van der Waals surface area contributed by atoms with Crippen molar-refractivity contribution in [1.82, 2.24) is 5.32 Å². The molecule has 0 unspecified atom stereocenters. The molecule has 0 radical (unpaired) electrons. The van der Waals surface area contributed by atoms with E-state index in [1.54, 1.807) is 26.0 Å². The van der Waals surface area contributed by atoms with Crippen LogP contribution >= 0.6 is 0 Å². The molecule has 0 saturated heterocycles. The number of ether oxygens (including phenoxy) is 3. The second-order valence-corrected chi connectivity index (χ2v) is 9.97. The predicted molar refractivity (Wildman–Crippen MR) is 144 cm³/mol. The quantitative estimate of drug-likeness (QED) is 0.303. The summed E-state index contributed by atoms with van der Waals surface area (Å²) in [6.07, 6.45) is 3.55. The van der Waals surface area contributed by atoms with Crippen LogP contribution < -0.4 is 16.8 Å². The molecule has 0 saturated carbocycles. The van der Waals surface area contributed by atoms with Gasteiger partial charge in [-0.15, -0.1) is 0 Å². The Labute approximate surface area is 228 Å². The highest BCUT2D eigenvalue weighted by molar-refractivity contribution is 6.23. The van der Waals surface area contributed by atoms with E-state index in [-0.39, 0.29) is 34.9 Å². The van der Waals surface area contributed by atoms with Gasteiger partial charge in [0.25, 0.3) is 5.91 Å². The number of fused-ring (bicyclic) bond motifs is 2. The van der Waals surface area contributed by atoms with E-state index in [4.69, 9.17) is 25.7 Å². The number of ketones is 2. The number of amides is 2. The maximum Gasteiger partial charge on any atom is 0.405 e. The van der Waals surface area contributed by atoms with E-state index in [0.717, 1.165) is 6.08 Å². The first-order valence-electron chi connectivity index (χ1n) is 12.6. The van der Waals surface area contributed by atoms with Crippen LogP contribution in [-0.4, -0.2) is 67.3 Å². The summed E-state index contributed by atoms with van der Waals surface area (Å²) in [5, 5.41) is 13.6. The standard InChI is InChI=1S/C28H39N3O8/c1-14-10-18-23(29)20(32)13-19(25(18)34)31-27(35)15(2)8-7-9-21(37-5)26(39-28(30)36)17(4)12-16(3)24(33)22(11-14)38-6/h7-9,12-14,16,21-22,24,26,33H,10-11,29H2,1-6H3,(H2,30,36)(H,31,35)/b9-7-,15-8+,17-12+/t14-,16+,21-,22+,24-,26+/m1/s1. The molecule has 214 valence electrons. The summed E-state index contributed by atoms with van der Waals surface area (Å²) in [5.74, 6) is -2.37. The number of Topliss-reactive ketones (excluding diaryl/α,β-unsaturated/α-hetero) is 1. The van der Waals surface area contributed by atoms with Crippen LogP contribution in [0.25, 0.3) is 0 Å². The molecule has 11 heteroatoms. The number of aliphatic hydroxyl groups is 1. The molecular formula is C28H39N3O8. The van der Waals surface area contributed by atoms with Crippen molar-refractivity contribution in [2.24, 2.45) is 23.3 Å². The van der Waals surface area contributed by atoms with Crippen molar-refractivity contribution >= 4 is 23.6 Å². The molecule has 1 aliphatic heterocycles. The molecule has 2 amide bonds. The summed E-state index contributed by atoms with van der Waals surface area (Å²) in [6.45, 7) is 6.89. The minimum Gasteiger partial charge on any atom is -0.439 e. The molecule has 1 heterocycles. The fourth-order valence-electron chi connectivity index (χ4n) is 4.61. The third-order valence-corrected chi connectivity index (χ3v) is 6.84. The number of rotatable bonds is 3. The average molecular weight is 546 g/mol. The molecule has 1 aliphatic carbocycles. The third kappa shape index (κ3) is 8.22. The van der Waals surface area contributed by atoms with E-state index in [2.05, 4.69) is 5.32 Å². The van der Waals surface area contributed by atoms with Crippen molar-refractivity contribution in [1.29, 1.82) is 0 Å². The van der Waals surface area contributed by atoms with Crippen molar-refractivity contribution in [2.75, 3.05) is 14.2 Å². The lowest BCUT2D eigenvalue weighted by molar-refractivity contribution is -0.120. The summed E-state index contributed by atoms with van der Waals surface area (Å²) in [5.41, 5.74) is 11.9. The molecule has 2 rings (SSSR count). The Kier molecular flexibility index (Phi) is 11.4. The second-order valence-electron chi connectivity index (χ2n) is 9.97. The summed E-state index contributed by atoms with van der Waals surface area (Å²) in [7, 11) is 2.90. The highest BCUT2D eigenvalue weighted by atomic mass is 16.6. The summed E-state index contributed by atoms with van der Waals surface area (Å²) in [6, 6.07) is 0. The summed E-state index contributed by atoms with van der Waals surface area (Å²) < 4.78 is 16.4. The van der Waals surface area contributed by atoms with Gasteiger partial charge in [-0.3, -0.25) is 14.4 Å². The Morgan fingerprint density at radius 1 is 1.13 bits per heavy atom. The van der Waals surface area contributed by atoms with Gasteiger partial charge in [0.1, 0.15) is 6.10 Å². The van der Waals surface area contributed by atoms with Gasteiger partial charge in [-0.2, -0.15) is 0 Å². The molecule has 2 aliphatic rings. The third-order valence-electron chi connectivity index (χ3n) is 6.84. The van der Waals surface area contributed by atoms with Crippen LogP contribution in [0.3, 0.4) is 0 Å². The van der Waals surface area contributed by atoms with E-state index in [1.165, 1.54) is 33.3 Å². The normalized spacial score (nSPS) is 33.3. The molecule has 0 aromatic rings. The van der Waals surface area contributed by atoms with Crippen molar-refractivity contribution in [3.05, 3.63) is 58.5 Å². The number of aliphatic hydroxyl groups excluding tert-OH is 1. The zero-order valence-corrected chi connectivity index (χ0v) is 23.2. The number of nitrogens with two attached hydrogens (primary N) is 2. The van der Waals surface area contributed by atoms with Crippen LogP contribution in [0.5, 0.6) is 0 Å². The summed E-state index contributed by atoms with van der Waals surface area (Å²) >= 11 is 0. The van der Waals surface area contributed by atoms with Crippen molar-refractivity contribution in [2.45, 2.75) is 65.0 Å². The Hall–Kier alpha value is -3.54. The van der Waals surface area contributed by atoms with Gasteiger partial charge in [-0.1, -0.05) is 38.2 Å². The molecule has 39 heavy (non-hydrogen) atoms. The number of nitrogens with one attached hydrogen (secondary N) is 1. The lowest BCUT2D eigenvalue weighted by atomic mass is 9.85. The Bertz CT molecular complexity index is 1130. The molecule has 0 fully saturated rings. The molecule has 6 N–H and O–H groups in total. The fourth-order valence-corrected chi connectivity index (χ4v) is 4.61. The van der Waals surface area contributed by atoms with E-state index in [0.29, 0.717) is 12.0 Å². The van der Waals surface area contributed by atoms with Gasteiger partial charge in [-0.05, 0) is 38.2 Å². The van der Waals surface area contributed by atoms with E-state index in [1.807, 2.05) is 6.92 Å². The number of allylic oxidation sites excluding steroid dienone is 4. The second kappa shape index (κ2) is 14.0. The van der Waals surface area contributed by atoms with Gasteiger partial charge < -0.3 is 36.1 Å². The van der Waals surface area contributed by atoms with Gasteiger partial charge in [-0.25, -0.2) is 4.79 Å². The Morgan fingerprint density at radius 3 is 2.38 bits per heavy atom. The number of hydrogen-bond acceptors (Lipinski definition) is 9. The van der Waals surface area contributed by atoms with E-state index >= 15 is 0 Å². The van der Waals surface area contributed by atoms with Gasteiger partial charge in [0.2, 0.25) is 11.6 Å². The minimum atomic E-state index is -1.00. The van der Waals surface area contributed by atoms with Gasteiger partial charge in [0.15, 0.2) is 6.10 Å². The molecule has 2 bridgehead atoms. The van der Waals surface area contributed by atoms with Crippen molar-refractivity contribution in [3.63, 3.8) is 0 Å². The van der Waals surface area contributed by atoms with E-state index in [9.17, 15) is 24.3 Å². The molecular weight excluding hydrogens is 506 g/mol. The van der Waals surface area contributed by atoms with Crippen molar-refractivity contribution < 1.29 is 38.5 Å². The van der Waals surface area contributed by atoms with Crippen LogP contribution in [0.1, 0.15) is 40.5 Å². The molecule has 0 spiro atoms. The van der Waals surface area contributed by atoms with Crippen LogP contribution in [0.2, 0.25) is 0 Å². The number of primary amides is 1. The number of carbonyl (C=O) groups excluding carboxylic acids is 4. The van der Waals surface area contributed by atoms with Crippen LogP contribution in [0.4, 0.5) is 4.79 Å². The fraction of sp³-hybridized carbons (Fsp3) is 0.500. The monoisotopic (exact) mass is 545 g/mol. The summed E-state index contributed by atoms with van der Waals surface area (Å²) in [4.78, 5) is 50.1. The maximum atomic E-state index is 13.2. The number of carbonyl (C=O) groups is 4. The Balaban J connectivity index is 2.58. The lowest BCUT2D eigenvalue weighted by Gasteiger charge is -2.29. The zero-order valence-electron chi connectivity index (χ0n) is 23.2. The van der Waals surface area contributed by atoms with E-state index < -0.39 is 53.9 Å². The predicted octanol–water partition coefficient (Wildman–Crippen LogP) is 1.72. The lowest BCUT2D eigenvalue weighted by Crippen LogP contribution is -2.37. The zero-order chi connectivity index (χ0) is 29.4. The van der Waals surface area contributed by atoms with Gasteiger partial charge >= 0.3 is 6.09 Å². The number of hydrogen-bond donors (Lipinski definition) is 4. The topological polar surface area (TPSA) is 180 Å². The SMILES string of the molecule is CO[C@H]1C[C@H](C)CC2=C(N)C(=O)C=C(NC(=O)/C(C)=C/C=C\[C@@H](OC)[C@@H](OC(N)=O)/C(C)=C/[C@H](C)[C@H]1O)C2=O. The highest BCUT2D eigenvalue weighted by Gasteiger charge is 2.32. The largest absolute Gasteiger partial charge is 0.439 e. The Morgan fingerprint density at radius 2 is 1.79 bits per heavy atom. The molecule has 0 aromatic heterocycles. The molecule has 0 aromatic carbocycles. The van der Waals surface area contributed by atoms with Gasteiger partial charge in [0.05, 0.1) is 23.6 Å². The smallest absolute Gasteiger partial charge is 0.405 e. The minimum absolute atomic E-state index is 0.104.